The first-order valence-corrected chi connectivity index (χ1v) is 13.4. The van der Waals surface area contributed by atoms with Crippen molar-refractivity contribution >= 4 is 12.0 Å². The van der Waals surface area contributed by atoms with Crippen molar-refractivity contribution in [1.82, 2.24) is 15.1 Å². The summed E-state index contributed by atoms with van der Waals surface area (Å²) < 4.78 is 16.6. The molecule has 204 valence electrons. The molecule has 0 radical (unpaired) electrons. The Kier molecular flexibility index (Phi) is 7.01. The molecule has 0 bridgehead atoms. The molecule has 3 aromatic carbocycles. The molecule has 0 aliphatic carbocycles. The van der Waals surface area contributed by atoms with Crippen LogP contribution in [0.1, 0.15) is 45.5 Å². The Morgan fingerprint density at radius 2 is 1.57 bits per heavy atom. The Morgan fingerprint density at radius 1 is 0.900 bits per heavy atom. The molecule has 1 N–H and O–H groups in total. The minimum Gasteiger partial charge on any atom is -0.454 e. The summed E-state index contributed by atoms with van der Waals surface area (Å²) in [7, 11) is 0. The van der Waals surface area contributed by atoms with Crippen molar-refractivity contribution in [2.45, 2.75) is 38.1 Å². The number of piperidine rings is 1. The summed E-state index contributed by atoms with van der Waals surface area (Å²) in [6.07, 6.45) is 1.29. The summed E-state index contributed by atoms with van der Waals surface area (Å²) in [5.74, 6) is 1.23. The van der Waals surface area contributed by atoms with E-state index < -0.39 is 5.60 Å². The zero-order valence-corrected chi connectivity index (χ0v) is 22.1. The summed E-state index contributed by atoms with van der Waals surface area (Å²) >= 11 is 0. The van der Waals surface area contributed by atoms with Crippen molar-refractivity contribution in [1.29, 1.82) is 5.26 Å². The van der Waals surface area contributed by atoms with E-state index in [2.05, 4.69) is 16.3 Å². The normalized spacial score (nSPS) is 17.5. The van der Waals surface area contributed by atoms with Gasteiger partial charge >= 0.3 is 6.09 Å². The minimum absolute atomic E-state index is 0.170. The fraction of sp³-hybridized carbons (Fsp3) is 0.323. The number of hydrogen-bond donors (Lipinski definition) is 1. The highest BCUT2D eigenvalue weighted by Gasteiger charge is 2.46. The van der Waals surface area contributed by atoms with Gasteiger partial charge in [0.05, 0.1) is 18.2 Å². The Hall–Kier alpha value is -4.55. The van der Waals surface area contributed by atoms with Gasteiger partial charge in [-0.25, -0.2) is 4.79 Å². The predicted molar refractivity (Wildman–Crippen MR) is 145 cm³/mol. The maximum absolute atomic E-state index is 12.7. The topological polar surface area (TPSA) is 104 Å². The average Bonchev–Trinajstić information content (AvgIpc) is 3.57. The number of nitrogens with one attached hydrogen (secondary N) is 1. The molecule has 0 atom stereocenters. The standard InChI is InChI=1S/C31H30N4O5/c32-16-22-1-3-23(4-2-22)18-34-13-11-31(12-14-34)20-35(30(37)40-31)19-24-5-8-26(9-6-24)29(36)33-17-25-7-10-27-28(15-25)39-21-38-27/h1-10,15H,11-14,17-21H2,(H,33,36). The van der Waals surface area contributed by atoms with E-state index in [-0.39, 0.29) is 18.8 Å². The number of amides is 2. The van der Waals surface area contributed by atoms with E-state index >= 15 is 0 Å². The van der Waals surface area contributed by atoms with Gasteiger partial charge in [0.25, 0.3) is 5.91 Å². The highest BCUT2D eigenvalue weighted by Crippen LogP contribution is 2.35. The number of likely N-dealkylation sites (tertiary alicyclic amines) is 1. The first-order valence-electron chi connectivity index (χ1n) is 13.4. The third-order valence-electron chi connectivity index (χ3n) is 7.78. The van der Waals surface area contributed by atoms with E-state index in [1.54, 1.807) is 17.0 Å². The molecule has 40 heavy (non-hydrogen) atoms. The van der Waals surface area contributed by atoms with Gasteiger partial charge in [-0.3, -0.25) is 14.6 Å². The van der Waals surface area contributed by atoms with Crippen LogP contribution in [0.25, 0.3) is 0 Å². The number of nitrogens with zero attached hydrogens (tertiary/aromatic N) is 3. The monoisotopic (exact) mass is 538 g/mol. The van der Waals surface area contributed by atoms with Crippen LogP contribution in [0, 0.1) is 11.3 Å². The van der Waals surface area contributed by atoms with Gasteiger partial charge in [-0.15, -0.1) is 0 Å². The molecule has 9 heteroatoms. The number of rotatable bonds is 7. The largest absolute Gasteiger partial charge is 0.454 e. The van der Waals surface area contributed by atoms with E-state index in [1.807, 2.05) is 54.6 Å². The molecular weight excluding hydrogens is 508 g/mol. The maximum Gasteiger partial charge on any atom is 0.410 e. The van der Waals surface area contributed by atoms with E-state index in [0.29, 0.717) is 42.3 Å². The number of carbonyl (C=O) groups is 2. The molecule has 2 amide bonds. The van der Waals surface area contributed by atoms with E-state index in [9.17, 15) is 9.59 Å². The van der Waals surface area contributed by atoms with Gasteiger partial charge in [-0.2, -0.15) is 5.26 Å². The van der Waals surface area contributed by atoms with Crippen molar-refractivity contribution in [3.05, 3.63) is 94.5 Å². The molecule has 3 aliphatic heterocycles. The number of benzene rings is 3. The lowest BCUT2D eigenvalue weighted by Gasteiger charge is -2.37. The minimum atomic E-state index is -0.452. The van der Waals surface area contributed by atoms with Crippen LogP contribution in [0.3, 0.4) is 0 Å². The Labute approximate surface area is 232 Å². The number of nitriles is 1. The quantitative estimate of drug-likeness (QED) is 0.481. The van der Waals surface area contributed by atoms with Crippen molar-refractivity contribution in [2.75, 3.05) is 26.4 Å². The molecule has 3 aromatic rings. The highest BCUT2D eigenvalue weighted by atomic mass is 16.7. The van der Waals surface area contributed by atoms with Gasteiger partial charge < -0.3 is 19.5 Å². The Morgan fingerprint density at radius 3 is 2.33 bits per heavy atom. The second-order valence-corrected chi connectivity index (χ2v) is 10.6. The summed E-state index contributed by atoms with van der Waals surface area (Å²) in [6.45, 7) is 4.10. The van der Waals surface area contributed by atoms with Crippen molar-refractivity contribution < 1.29 is 23.8 Å². The van der Waals surface area contributed by atoms with Crippen molar-refractivity contribution in [2.24, 2.45) is 0 Å². The summed E-state index contributed by atoms with van der Waals surface area (Å²) in [5.41, 5.74) is 3.81. The molecule has 0 aromatic heterocycles. The van der Waals surface area contributed by atoms with Crippen LogP contribution in [0.15, 0.2) is 66.7 Å². The molecule has 1 spiro atoms. The molecule has 9 nitrogen and oxygen atoms in total. The highest BCUT2D eigenvalue weighted by molar-refractivity contribution is 5.94. The molecular formula is C31H30N4O5. The molecule has 2 fully saturated rings. The first kappa shape index (κ1) is 25.7. The lowest BCUT2D eigenvalue weighted by atomic mass is 9.91. The maximum atomic E-state index is 12.7. The predicted octanol–water partition coefficient (Wildman–Crippen LogP) is 4.20. The zero-order chi connectivity index (χ0) is 27.5. The number of ether oxygens (including phenoxy) is 3. The zero-order valence-electron chi connectivity index (χ0n) is 22.1. The van der Waals surface area contributed by atoms with E-state index in [1.165, 1.54) is 5.56 Å². The SMILES string of the molecule is N#Cc1ccc(CN2CCC3(CC2)CN(Cc2ccc(C(=O)NCc4ccc5c(c4)OCO5)cc2)C(=O)O3)cc1. The van der Waals surface area contributed by atoms with Crippen molar-refractivity contribution in [3.63, 3.8) is 0 Å². The second-order valence-electron chi connectivity index (χ2n) is 10.6. The number of hydrogen-bond acceptors (Lipinski definition) is 7. The van der Waals surface area contributed by atoms with Crippen LogP contribution in [-0.4, -0.2) is 53.8 Å². The van der Waals surface area contributed by atoms with E-state index in [0.717, 1.165) is 43.6 Å². The van der Waals surface area contributed by atoms with Gasteiger partial charge in [-0.05, 0) is 53.1 Å². The first-order chi connectivity index (χ1) is 19.5. The Balaban J connectivity index is 0.985. The molecule has 0 saturated carbocycles. The third-order valence-corrected chi connectivity index (χ3v) is 7.78. The summed E-state index contributed by atoms with van der Waals surface area (Å²) in [4.78, 5) is 29.5. The fourth-order valence-electron chi connectivity index (χ4n) is 5.45. The lowest BCUT2D eigenvalue weighted by Crippen LogP contribution is -2.46. The summed E-state index contributed by atoms with van der Waals surface area (Å²) in [6, 6.07) is 22.8. The Bertz CT molecular complexity index is 1440. The molecule has 6 rings (SSSR count). The van der Waals surface area contributed by atoms with Crippen LogP contribution in [0.4, 0.5) is 4.79 Å². The van der Waals surface area contributed by atoms with Crippen LogP contribution < -0.4 is 14.8 Å². The fourth-order valence-corrected chi connectivity index (χ4v) is 5.45. The van der Waals surface area contributed by atoms with Crippen LogP contribution >= 0.6 is 0 Å². The van der Waals surface area contributed by atoms with Gasteiger partial charge in [0.2, 0.25) is 6.79 Å². The molecule has 3 aliphatic rings. The lowest BCUT2D eigenvalue weighted by molar-refractivity contribution is -0.00125. The van der Waals surface area contributed by atoms with Crippen LogP contribution in [0.2, 0.25) is 0 Å². The average molecular weight is 539 g/mol. The number of carbonyl (C=O) groups excluding carboxylic acids is 2. The van der Waals surface area contributed by atoms with Crippen LogP contribution in [-0.2, 0) is 24.4 Å². The molecule has 2 saturated heterocycles. The smallest absolute Gasteiger partial charge is 0.410 e. The number of fused-ring (bicyclic) bond motifs is 1. The molecule has 0 unspecified atom stereocenters. The van der Waals surface area contributed by atoms with Gasteiger partial charge in [0, 0.05) is 51.1 Å². The second kappa shape index (κ2) is 10.9. The van der Waals surface area contributed by atoms with Crippen molar-refractivity contribution in [3.8, 4) is 17.6 Å². The third kappa shape index (κ3) is 5.58. The van der Waals surface area contributed by atoms with Gasteiger partial charge in [-0.1, -0.05) is 30.3 Å². The van der Waals surface area contributed by atoms with Gasteiger partial charge in [0.1, 0.15) is 5.60 Å². The van der Waals surface area contributed by atoms with Crippen LogP contribution in [0.5, 0.6) is 11.5 Å². The van der Waals surface area contributed by atoms with E-state index in [4.69, 9.17) is 19.5 Å². The summed E-state index contributed by atoms with van der Waals surface area (Å²) in [5, 5.41) is 11.9. The van der Waals surface area contributed by atoms with Gasteiger partial charge in [0.15, 0.2) is 11.5 Å². The molecule has 3 heterocycles.